The van der Waals surface area contributed by atoms with Crippen molar-refractivity contribution in [3.63, 3.8) is 0 Å². The van der Waals surface area contributed by atoms with Crippen molar-refractivity contribution in [3.05, 3.63) is 64.7 Å². The summed E-state index contributed by atoms with van der Waals surface area (Å²) in [5.74, 6) is -2.26. The van der Waals surface area contributed by atoms with Gasteiger partial charge in [-0.05, 0) is 48.4 Å². The van der Waals surface area contributed by atoms with Gasteiger partial charge < -0.3 is 29.4 Å². The van der Waals surface area contributed by atoms with Crippen LogP contribution in [0.1, 0.15) is 28.3 Å². The standard InChI is InChI=1S/C20H20ClNO7.Na/c1-27-16-8-4-14(5-9-16)19(25)28-12-29-20(26)22-11-10-17(18(23)24)13-2-6-15(21)7-3-13;/h2-9,17H,10-12H2,1H3,(H,22,26)(H,23,24);/q;+1/p-1. The molecule has 2 aromatic carbocycles. The van der Waals surface area contributed by atoms with Crippen LogP contribution in [0.25, 0.3) is 0 Å². The molecule has 2 rings (SSSR count). The van der Waals surface area contributed by atoms with E-state index in [9.17, 15) is 19.5 Å². The number of nitrogens with one attached hydrogen (secondary N) is 1. The molecular weight excluding hydrogens is 425 g/mol. The molecule has 0 aliphatic heterocycles. The summed E-state index contributed by atoms with van der Waals surface area (Å²) in [5.41, 5.74) is 0.785. The molecule has 1 atom stereocenters. The number of amides is 1. The Bertz CT molecular complexity index is 843. The summed E-state index contributed by atoms with van der Waals surface area (Å²) in [6, 6.07) is 12.5. The number of rotatable bonds is 9. The predicted molar refractivity (Wildman–Crippen MR) is 102 cm³/mol. The number of aliphatic carboxylic acids is 1. The van der Waals surface area contributed by atoms with Crippen LogP contribution in [-0.2, 0) is 14.3 Å². The van der Waals surface area contributed by atoms with E-state index in [4.69, 9.17) is 25.8 Å². The Hall–Kier alpha value is -2.26. The molecule has 0 heterocycles. The van der Waals surface area contributed by atoms with Gasteiger partial charge >= 0.3 is 41.6 Å². The smallest absolute Gasteiger partial charge is 0.549 e. The molecule has 0 saturated carbocycles. The van der Waals surface area contributed by atoms with Crippen LogP contribution in [0.4, 0.5) is 4.79 Å². The molecule has 0 aliphatic carbocycles. The molecule has 0 spiro atoms. The van der Waals surface area contributed by atoms with Gasteiger partial charge in [0.15, 0.2) is 0 Å². The molecule has 2 aromatic rings. The predicted octanol–water partition coefficient (Wildman–Crippen LogP) is -0.883. The van der Waals surface area contributed by atoms with Gasteiger partial charge in [-0.25, -0.2) is 9.59 Å². The summed E-state index contributed by atoms with van der Waals surface area (Å²) in [5, 5.41) is 14.2. The number of carbonyl (C=O) groups is 3. The summed E-state index contributed by atoms with van der Waals surface area (Å²) in [6.07, 6.45) is -0.759. The first-order chi connectivity index (χ1) is 13.9. The largest absolute Gasteiger partial charge is 1.00 e. The molecular formula is C20H19ClNNaO7. The molecule has 30 heavy (non-hydrogen) atoms. The van der Waals surface area contributed by atoms with Crippen LogP contribution in [0.2, 0.25) is 5.02 Å². The van der Waals surface area contributed by atoms with Gasteiger partial charge in [-0.15, -0.1) is 0 Å². The van der Waals surface area contributed by atoms with Crippen molar-refractivity contribution in [3.8, 4) is 5.75 Å². The van der Waals surface area contributed by atoms with Crippen LogP contribution in [-0.4, -0.2) is 38.5 Å². The molecule has 154 valence electrons. The first kappa shape index (κ1) is 25.8. The van der Waals surface area contributed by atoms with E-state index in [1.807, 2.05) is 0 Å². The number of halogens is 1. The fourth-order valence-electron chi connectivity index (χ4n) is 2.43. The van der Waals surface area contributed by atoms with Crippen molar-refractivity contribution in [2.24, 2.45) is 0 Å². The number of carbonyl (C=O) groups excluding carboxylic acids is 3. The van der Waals surface area contributed by atoms with Gasteiger partial charge in [-0.2, -0.15) is 0 Å². The number of methoxy groups -OCH3 is 1. The summed E-state index contributed by atoms with van der Waals surface area (Å²) in [4.78, 5) is 34.8. The second-order valence-electron chi connectivity index (χ2n) is 5.85. The molecule has 1 unspecified atom stereocenters. The minimum absolute atomic E-state index is 0. The fraction of sp³-hybridized carbons (Fsp3) is 0.250. The van der Waals surface area contributed by atoms with Gasteiger partial charge in [0, 0.05) is 23.5 Å². The number of esters is 1. The summed E-state index contributed by atoms with van der Waals surface area (Å²) < 4.78 is 14.6. The Morgan fingerprint density at radius 2 is 1.67 bits per heavy atom. The topological polar surface area (TPSA) is 114 Å². The second kappa shape index (κ2) is 13.1. The van der Waals surface area contributed by atoms with Gasteiger partial charge in [0.25, 0.3) is 0 Å². The van der Waals surface area contributed by atoms with Crippen molar-refractivity contribution in [2.75, 3.05) is 20.4 Å². The van der Waals surface area contributed by atoms with E-state index < -0.39 is 30.7 Å². The van der Waals surface area contributed by atoms with Gasteiger partial charge in [-0.3, -0.25) is 0 Å². The maximum atomic E-state index is 11.8. The molecule has 1 N–H and O–H groups in total. The van der Waals surface area contributed by atoms with Crippen molar-refractivity contribution in [1.82, 2.24) is 5.32 Å². The van der Waals surface area contributed by atoms with Crippen molar-refractivity contribution < 1.29 is 63.3 Å². The number of benzene rings is 2. The SMILES string of the molecule is COc1ccc(C(=O)OCOC(=O)NCCC(C(=O)[O-])c2ccc(Cl)cc2)cc1.[Na+]. The zero-order valence-corrected chi connectivity index (χ0v) is 19.3. The minimum Gasteiger partial charge on any atom is -0.549 e. The summed E-state index contributed by atoms with van der Waals surface area (Å²) in [6.45, 7) is -0.565. The molecule has 0 aliphatic rings. The van der Waals surface area contributed by atoms with Crippen LogP contribution < -0.4 is 44.7 Å². The Morgan fingerprint density at radius 3 is 2.23 bits per heavy atom. The average Bonchev–Trinajstić information content (AvgIpc) is 2.72. The number of carboxylic acid groups (broad SMARTS) is 1. The zero-order chi connectivity index (χ0) is 21.2. The molecule has 10 heteroatoms. The maximum Gasteiger partial charge on any atom is 1.00 e. The van der Waals surface area contributed by atoms with Crippen LogP contribution in [0.15, 0.2) is 48.5 Å². The first-order valence-corrected chi connectivity index (χ1v) is 8.96. The van der Waals surface area contributed by atoms with E-state index >= 15 is 0 Å². The van der Waals surface area contributed by atoms with Crippen LogP contribution in [0.5, 0.6) is 5.75 Å². The fourth-order valence-corrected chi connectivity index (χ4v) is 2.56. The normalized spacial score (nSPS) is 10.9. The Labute approximate surface area is 200 Å². The minimum atomic E-state index is -1.27. The average molecular weight is 444 g/mol. The van der Waals surface area contributed by atoms with Crippen LogP contribution in [0, 0.1) is 0 Å². The van der Waals surface area contributed by atoms with Crippen molar-refractivity contribution in [1.29, 1.82) is 0 Å². The van der Waals surface area contributed by atoms with E-state index in [1.54, 1.807) is 36.4 Å². The first-order valence-electron chi connectivity index (χ1n) is 8.59. The zero-order valence-electron chi connectivity index (χ0n) is 16.6. The van der Waals surface area contributed by atoms with Crippen molar-refractivity contribution >= 4 is 29.6 Å². The molecule has 1 amide bonds. The molecule has 0 aromatic heterocycles. The summed E-state index contributed by atoms with van der Waals surface area (Å²) in [7, 11) is 1.50. The van der Waals surface area contributed by atoms with Gasteiger partial charge in [-0.1, -0.05) is 23.7 Å². The van der Waals surface area contributed by atoms with E-state index in [0.717, 1.165) is 0 Å². The van der Waals surface area contributed by atoms with E-state index in [1.165, 1.54) is 19.2 Å². The molecule has 0 fully saturated rings. The number of ether oxygens (including phenoxy) is 3. The van der Waals surface area contributed by atoms with E-state index in [0.29, 0.717) is 16.3 Å². The maximum absolute atomic E-state index is 11.8. The van der Waals surface area contributed by atoms with Crippen LogP contribution >= 0.6 is 11.6 Å². The monoisotopic (exact) mass is 443 g/mol. The van der Waals surface area contributed by atoms with Gasteiger partial charge in [0.05, 0.1) is 12.7 Å². The number of alkyl carbamates (subject to hydrolysis) is 1. The third kappa shape index (κ3) is 8.23. The van der Waals surface area contributed by atoms with Crippen LogP contribution in [0.3, 0.4) is 0 Å². The quantitative estimate of drug-likeness (QED) is 0.304. The second-order valence-corrected chi connectivity index (χ2v) is 6.29. The Morgan fingerprint density at radius 1 is 1.03 bits per heavy atom. The summed E-state index contributed by atoms with van der Waals surface area (Å²) >= 11 is 5.79. The Balaban J connectivity index is 0.00000450. The molecule has 0 bridgehead atoms. The number of hydrogen-bond acceptors (Lipinski definition) is 7. The number of carboxylic acids is 1. The van der Waals surface area contributed by atoms with Crippen molar-refractivity contribution in [2.45, 2.75) is 12.3 Å². The van der Waals surface area contributed by atoms with E-state index in [-0.39, 0.29) is 48.1 Å². The number of hydrogen-bond donors (Lipinski definition) is 1. The third-order valence-corrected chi connectivity index (χ3v) is 4.22. The van der Waals surface area contributed by atoms with Gasteiger partial charge in [0.2, 0.25) is 6.79 Å². The molecule has 0 saturated heterocycles. The molecule has 8 nitrogen and oxygen atoms in total. The van der Waals surface area contributed by atoms with E-state index in [2.05, 4.69) is 5.32 Å². The third-order valence-electron chi connectivity index (χ3n) is 3.97. The Kier molecular flexibility index (Phi) is 11.3. The van der Waals surface area contributed by atoms with Gasteiger partial charge in [0.1, 0.15) is 5.75 Å². The molecule has 0 radical (unpaired) electrons.